The van der Waals surface area contributed by atoms with E-state index in [2.05, 4.69) is 10.6 Å². The fourth-order valence-corrected chi connectivity index (χ4v) is 5.89. The van der Waals surface area contributed by atoms with Gasteiger partial charge >= 0.3 is 6.09 Å². The first-order chi connectivity index (χ1) is 17.0. The zero-order chi connectivity index (χ0) is 24.1. The number of cyclic esters (lactones) is 1. The Hall–Kier alpha value is -3.37. The third-order valence-electron chi connectivity index (χ3n) is 6.75. The average Bonchev–Trinajstić information content (AvgIpc) is 3.42. The van der Waals surface area contributed by atoms with Crippen molar-refractivity contribution >= 4 is 46.0 Å². The van der Waals surface area contributed by atoms with E-state index >= 15 is 0 Å². The lowest BCUT2D eigenvalue weighted by molar-refractivity contribution is -0.113. The standard InChI is InChI=1S/C25H23FN4O4S/c26-19-4-1-14-2-6-23(32)30-16(9-18(19)24(14)30)11-27-8-7-17-12-29(25(33)34-17)15-3-5-21-20(10-15)28-22(31)13-35-21/h1-6,10,16-17,27H,7-9,11-13H2,(H,28,31)/t16-,17+/m0/s1. The Labute approximate surface area is 204 Å². The van der Waals surface area contributed by atoms with E-state index in [1.54, 1.807) is 27.7 Å². The Morgan fingerprint density at radius 2 is 2.00 bits per heavy atom. The first-order valence-electron chi connectivity index (χ1n) is 11.6. The molecule has 2 atom stereocenters. The molecule has 4 heterocycles. The number of thioether (sulfide) groups is 1. The molecule has 2 aromatic carbocycles. The first-order valence-corrected chi connectivity index (χ1v) is 12.5. The third-order valence-corrected chi connectivity index (χ3v) is 7.82. The maximum absolute atomic E-state index is 14.4. The molecule has 0 aliphatic carbocycles. The molecule has 8 nitrogen and oxygen atoms in total. The molecule has 10 heteroatoms. The fraction of sp³-hybridized carbons (Fsp3) is 0.320. The van der Waals surface area contributed by atoms with E-state index in [-0.39, 0.29) is 29.4 Å². The largest absolute Gasteiger partial charge is 0.444 e. The molecule has 0 spiro atoms. The van der Waals surface area contributed by atoms with Crippen molar-refractivity contribution in [3.8, 4) is 0 Å². The Balaban J connectivity index is 1.06. The highest BCUT2D eigenvalue weighted by molar-refractivity contribution is 8.00. The van der Waals surface area contributed by atoms with Gasteiger partial charge in [-0.2, -0.15) is 0 Å². The fourth-order valence-electron chi connectivity index (χ4n) is 5.10. The minimum absolute atomic E-state index is 0.0563. The number of amides is 2. The van der Waals surface area contributed by atoms with Gasteiger partial charge in [0, 0.05) is 28.8 Å². The number of benzene rings is 2. The van der Waals surface area contributed by atoms with Crippen molar-refractivity contribution in [3.63, 3.8) is 0 Å². The summed E-state index contributed by atoms with van der Waals surface area (Å²) in [7, 11) is 0. The van der Waals surface area contributed by atoms with Crippen LogP contribution in [0.15, 0.2) is 52.2 Å². The van der Waals surface area contributed by atoms with Gasteiger partial charge in [-0.1, -0.05) is 0 Å². The van der Waals surface area contributed by atoms with Crippen molar-refractivity contribution in [2.45, 2.75) is 29.9 Å². The maximum Gasteiger partial charge on any atom is 0.414 e. The number of aromatic nitrogens is 1. The SMILES string of the molecule is O=C1CSc2ccc(N3C[C@@H](CCNC[C@@H]4Cc5c(F)ccc6ccc(=O)n4c56)OC3=O)cc2N1. The molecule has 0 unspecified atom stereocenters. The predicted molar refractivity (Wildman–Crippen MR) is 132 cm³/mol. The number of carbonyl (C=O) groups excluding carboxylic acids is 2. The number of ether oxygens (including phenoxy) is 1. The normalized spacial score (nSPS) is 20.8. The molecule has 3 aliphatic heterocycles. The Bertz CT molecular complexity index is 1420. The molecule has 3 aromatic rings. The third kappa shape index (κ3) is 3.96. The second kappa shape index (κ2) is 8.69. The van der Waals surface area contributed by atoms with Crippen LogP contribution in [0.25, 0.3) is 10.9 Å². The minimum atomic E-state index is -0.412. The number of hydrogen-bond acceptors (Lipinski definition) is 6. The molecular formula is C25H23FN4O4S. The summed E-state index contributed by atoms with van der Waals surface area (Å²) in [5.41, 5.74) is 2.54. The molecule has 1 fully saturated rings. The van der Waals surface area contributed by atoms with E-state index in [9.17, 15) is 18.8 Å². The number of hydrogen-bond donors (Lipinski definition) is 2. The molecule has 2 N–H and O–H groups in total. The van der Waals surface area contributed by atoms with Gasteiger partial charge in [-0.3, -0.25) is 14.5 Å². The molecule has 1 aromatic heterocycles. The summed E-state index contributed by atoms with van der Waals surface area (Å²) in [4.78, 5) is 39.2. The van der Waals surface area contributed by atoms with Crippen molar-refractivity contribution in [2.24, 2.45) is 0 Å². The lowest BCUT2D eigenvalue weighted by atomic mass is 10.1. The summed E-state index contributed by atoms with van der Waals surface area (Å²) in [6.07, 6.45) is 0.380. The molecule has 3 aliphatic rings. The number of rotatable bonds is 6. The predicted octanol–water partition coefficient (Wildman–Crippen LogP) is 3.29. The van der Waals surface area contributed by atoms with E-state index in [1.807, 2.05) is 12.1 Å². The van der Waals surface area contributed by atoms with Gasteiger partial charge in [0.05, 0.1) is 29.5 Å². The van der Waals surface area contributed by atoms with Gasteiger partial charge in [0.2, 0.25) is 5.91 Å². The van der Waals surface area contributed by atoms with Crippen LogP contribution in [0.4, 0.5) is 20.6 Å². The van der Waals surface area contributed by atoms with Crippen LogP contribution in [0.1, 0.15) is 18.0 Å². The van der Waals surface area contributed by atoms with Crippen molar-refractivity contribution in [2.75, 3.05) is 35.6 Å². The monoisotopic (exact) mass is 494 g/mol. The van der Waals surface area contributed by atoms with E-state index in [4.69, 9.17) is 4.74 Å². The van der Waals surface area contributed by atoms with Crippen LogP contribution in [0.5, 0.6) is 0 Å². The first kappa shape index (κ1) is 22.1. The van der Waals surface area contributed by atoms with Crippen LogP contribution in [0.3, 0.4) is 0 Å². The van der Waals surface area contributed by atoms with Gasteiger partial charge in [0.15, 0.2) is 0 Å². The minimum Gasteiger partial charge on any atom is -0.444 e. The summed E-state index contributed by atoms with van der Waals surface area (Å²) in [5, 5.41) is 7.06. The Kier molecular flexibility index (Phi) is 5.49. The van der Waals surface area contributed by atoms with Crippen LogP contribution in [0.2, 0.25) is 0 Å². The molecule has 6 rings (SSSR count). The second-order valence-corrected chi connectivity index (χ2v) is 10.0. The Morgan fingerprint density at radius 1 is 1.14 bits per heavy atom. The highest BCUT2D eigenvalue weighted by Gasteiger charge is 2.33. The highest BCUT2D eigenvalue weighted by atomic mass is 32.2. The number of halogens is 1. The van der Waals surface area contributed by atoms with E-state index < -0.39 is 6.09 Å². The number of nitrogens with one attached hydrogen (secondary N) is 2. The zero-order valence-corrected chi connectivity index (χ0v) is 19.6. The van der Waals surface area contributed by atoms with Crippen LogP contribution in [-0.2, 0) is 16.0 Å². The molecule has 0 bridgehead atoms. The number of anilines is 2. The van der Waals surface area contributed by atoms with Crippen LogP contribution in [0, 0.1) is 5.82 Å². The zero-order valence-electron chi connectivity index (χ0n) is 18.8. The van der Waals surface area contributed by atoms with Crippen molar-refractivity contribution in [1.82, 2.24) is 9.88 Å². The Morgan fingerprint density at radius 3 is 2.89 bits per heavy atom. The van der Waals surface area contributed by atoms with Crippen molar-refractivity contribution < 1.29 is 18.7 Å². The van der Waals surface area contributed by atoms with Gasteiger partial charge < -0.3 is 19.9 Å². The molecular weight excluding hydrogens is 471 g/mol. The molecule has 0 saturated carbocycles. The molecule has 1 saturated heterocycles. The van der Waals surface area contributed by atoms with Crippen LogP contribution in [-0.4, -0.2) is 48.1 Å². The van der Waals surface area contributed by atoms with Gasteiger partial charge in [0.25, 0.3) is 5.56 Å². The van der Waals surface area contributed by atoms with Gasteiger partial charge in [0.1, 0.15) is 11.9 Å². The lowest BCUT2D eigenvalue weighted by Gasteiger charge is -2.20. The van der Waals surface area contributed by atoms with Gasteiger partial charge in [-0.05, 0) is 61.2 Å². The maximum atomic E-state index is 14.4. The van der Waals surface area contributed by atoms with Gasteiger partial charge in [-0.15, -0.1) is 11.8 Å². The number of carbonyl (C=O) groups is 2. The number of nitrogens with zero attached hydrogens (tertiary/aromatic N) is 2. The summed E-state index contributed by atoms with van der Waals surface area (Å²) >= 11 is 1.47. The summed E-state index contributed by atoms with van der Waals surface area (Å²) in [5.74, 6) is 0.0515. The highest BCUT2D eigenvalue weighted by Crippen LogP contribution is 2.36. The summed E-state index contributed by atoms with van der Waals surface area (Å²) in [6, 6.07) is 11.8. The number of fused-ring (bicyclic) bond motifs is 1. The summed E-state index contributed by atoms with van der Waals surface area (Å²) in [6.45, 7) is 1.52. The van der Waals surface area contributed by atoms with Crippen molar-refractivity contribution in [1.29, 1.82) is 0 Å². The van der Waals surface area contributed by atoms with E-state index in [0.717, 1.165) is 10.3 Å². The molecule has 2 amide bonds. The van der Waals surface area contributed by atoms with E-state index in [1.165, 1.54) is 23.9 Å². The molecule has 0 radical (unpaired) electrons. The van der Waals surface area contributed by atoms with Crippen LogP contribution < -0.4 is 21.1 Å². The second-order valence-electron chi connectivity index (χ2n) is 8.99. The number of pyridine rings is 1. The van der Waals surface area contributed by atoms with Crippen molar-refractivity contribution in [3.05, 3.63) is 64.2 Å². The van der Waals surface area contributed by atoms with E-state index in [0.29, 0.717) is 60.7 Å². The van der Waals surface area contributed by atoms with Gasteiger partial charge in [-0.25, -0.2) is 9.18 Å². The smallest absolute Gasteiger partial charge is 0.414 e. The molecule has 35 heavy (non-hydrogen) atoms. The molecule has 180 valence electrons. The lowest BCUT2D eigenvalue weighted by Crippen LogP contribution is -2.32. The quantitative estimate of drug-likeness (QED) is 0.511. The summed E-state index contributed by atoms with van der Waals surface area (Å²) < 4.78 is 21.6. The topological polar surface area (TPSA) is 92.7 Å². The van der Waals surface area contributed by atoms with Crippen LogP contribution >= 0.6 is 11.8 Å². The average molecular weight is 495 g/mol.